The summed E-state index contributed by atoms with van der Waals surface area (Å²) >= 11 is 5.72. The van der Waals surface area contributed by atoms with Crippen molar-refractivity contribution in [3.8, 4) is 0 Å². The maximum absolute atomic E-state index is 12.7. The Bertz CT molecular complexity index is 1040. The van der Waals surface area contributed by atoms with Gasteiger partial charge in [0.25, 0.3) is 0 Å². The molecule has 1 aliphatic rings. The summed E-state index contributed by atoms with van der Waals surface area (Å²) in [5.74, 6) is -0.519. The van der Waals surface area contributed by atoms with Gasteiger partial charge in [-0.25, -0.2) is 0 Å². The molecule has 1 fully saturated rings. The number of methoxy groups -OCH3 is 1. The lowest BCUT2D eigenvalue weighted by molar-refractivity contribution is -0.139. The number of esters is 1. The van der Waals surface area contributed by atoms with Crippen molar-refractivity contribution < 1.29 is 45.7 Å². The van der Waals surface area contributed by atoms with Crippen LogP contribution in [0.25, 0.3) is 0 Å². The second-order valence-electron chi connectivity index (χ2n) is 8.22. The Labute approximate surface area is 240 Å². The fourth-order valence-corrected chi connectivity index (χ4v) is 4.02. The molecule has 0 atom stereocenters. The van der Waals surface area contributed by atoms with Gasteiger partial charge in [0.05, 0.1) is 24.8 Å². The molecular weight excluding hydrogens is 666 g/mol. The van der Waals surface area contributed by atoms with Gasteiger partial charge in [0, 0.05) is 54.2 Å². The molecule has 0 unspecified atom stereocenters. The zero-order chi connectivity index (χ0) is 29.8. The smallest absolute Gasteiger partial charge is 0.417 e. The third-order valence-corrected chi connectivity index (χ3v) is 6.63. The molecule has 0 bridgehead atoms. The second-order valence-corrected chi connectivity index (χ2v) is 9.93. The molecule has 0 aromatic heterocycles. The van der Waals surface area contributed by atoms with Crippen LogP contribution in [0.3, 0.4) is 0 Å². The molecule has 1 aliphatic heterocycles. The van der Waals surface area contributed by atoms with E-state index in [4.69, 9.17) is 9.84 Å². The molecule has 14 heteroatoms. The molecule has 0 amide bonds. The van der Waals surface area contributed by atoms with Crippen molar-refractivity contribution in [3.05, 3.63) is 56.5 Å². The molecule has 1 saturated heterocycles. The average Bonchev–Trinajstić information content (AvgIpc) is 3.44. The van der Waals surface area contributed by atoms with Crippen LogP contribution in [-0.2, 0) is 26.6 Å². The number of alkyl halides is 6. The monoisotopic (exact) mass is 694 g/mol. The normalized spacial score (nSPS) is 13.0. The van der Waals surface area contributed by atoms with E-state index in [0.29, 0.717) is 12.2 Å². The maximum atomic E-state index is 12.7. The van der Waals surface area contributed by atoms with E-state index < -0.39 is 29.4 Å². The number of carbonyl (C=O) groups is 1. The first-order valence-corrected chi connectivity index (χ1v) is 13.1. The Hall–Kier alpha value is -2.03. The van der Waals surface area contributed by atoms with Gasteiger partial charge in [-0.3, -0.25) is 4.79 Å². The van der Waals surface area contributed by atoms with Crippen LogP contribution in [0.1, 0.15) is 24.0 Å². The van der Waals surface area contributed by atoms with Gasteiger partial charge >= 0.3 is 18.3 Å². The van der Waals surface area contributed by atoms with Crippen LogP contribution in [0.15, 0.2) is 45.3 Å². The fourth-order valence-electron chi connectivity index (χ4n) is 3.07. The van der Waals surface area contributed by atoms with E-state index in [9.17, 15) is 31.1 Å². The van der Waals surface area contributed by atoms with Crippen molar-refractivity contribution in [3.63, 3.8) is 0 Å². The van der Waals surface area contributed by atoms with Crippen molar-refractivity contribution in [2.75, 3.05) is 63.9 Å². The Kier molecular flexibility index (Phi) is 14.6. The van der Waals surface area contributed by atoms with E-state index in [1.165, 1.54) is 50.1 Å². The number of likely N-dealkylation sites (N-methyl/N-ethyl adjacent to an activating group) is 2. The lowest BCUT2D eigenvalue weighted by Gasteiger charge is -2.20. The molecule has 1 heterocycles. The van der Waals surface area contributed by atoms with Crippen molar-refractivity contribution >= 4 is 49.2 Å². The van der Waals surface area contributed by atoms with E-state index in [-0.39, 0.29) is 27.8 Å². The van der Waals surface area contributed by atoms with Crippen LogP contribution in [0.4, 0.5) is 37.7 Å². The Balaban J connectivity index is 0.000000331. The summed E-state index contributed by atoms with van der Waals surface area (Å²) < 4.78 is 85.2. The molecule has 3 rings (SSSR count). The number of anilines is 2. The van der Waals surface area contributed by atoms with Crippen molar-refractivity contribution in [1.29, 1.82) is 0 Å². The Morgan fingerprint density at radius 2 is 1.33 bits per heavy atom. The second kappa shape index (κ2) is 16.3. The summed E-state index contributed by atoms with van der Waals surface area (Å²) in [7, 11) is 4.36. The largest absolute Gasteiger partial charge is 0.468 e. The summed E-state index contributed by atoms with van der Waals surface area (Å²) in [6, 6.07) is 7.74. The van der Waals surface area contributed by atoms with E-state index in [1.54, 1.807) is 18.0 Å². The van der Waals surface area contributed by atoms with Gasteiger partial charge in [0.2, 0.25) is 0 Å². The molecule has 0 saturated carbocycles. The fraction of sp³-hybridized carbons (Fsp3) is 0.480. The van der Waals surface area contributed by atoms with E-state index >= 15 is 0 Å². The molecular formula is C25H30Br2F6N2O4. The van der Waals surface area contributed by atoms with Crippen LogP contribution in [0.5, 0.6) is 0 Å². The molecule has 2 aromatic rings. The number of halogens is 8. The first-order valence-electron chi connectivity index (χ1n) is 11.5. The topological polar surface area (TPSA) is 62.2 Å². The molecule has 0 spiro atoms. The Morgan fingerprint density at radius 1 is 0.897 bits per heavy atom. The van der Waals surface area contributed by atoms with Gasteiger partial charge in [0.15, 0.2) is 0 Å². The predicted molar refractivity (Wildman–Crippen MR) is 144 cm³/mol. The third-order valence-electron chi connectivity index (χ3n) is 5.25. The molecule has 6 nitrogen and oxygen atoms in total. The van der Waals surface area contributed by atoms with E-state index in [2.05, 4.69) is 36.6 Å². The number of ether oxygens (including phenoxy) is 2. The number of nitrogens with zero attached hydrogens (tertiary/aromatic N) is 2. The summed E-state index contributed by atoms with van der Waals surface area (Å²) in [5, 5.41) is 8.71. The molecule has 1 N–H and O–H groups in total. The highest BCUT2D eigenvalue weighted by molar-refractivity contribution is 9.10. The summed E-state index contributed by atoms with van der Waals surface area (Å²) in [6.45, 7) is 2.07. The number of hydrogen-bond donors (Lipinski definition) is 1. The quantitative estimate of drug-likeness (QED) is 0.266. The molecule has 0 aliphatic carbocycles. The zero-order valence-electron chi connectivity index (χ0n) is 21.5. The SMILES string of the molecule is C1CCOC1.CN(CCO)c1ccc(Br)c(C(F)(F)F)c1.COC(=O)CN(C)c1ccc(Br)c(C(F)(F)F)c1. The zero-order valence-corrected chi connectivity index (χ0v) is 24.7. The molecule has 39 heavy (non-hydrogen) atoms. The van der Waals surface area contributed by atoms with Gasteiger partial charge < -0.3 is 24.4 Å². The van der Waals surface area contributed by atoms with Gasteiger partial charge in [-0.05, 0) is 49.2 Å². The molecule has 0 radical (unpaired) electrons. The summed E-state index contributed by atoms with van der Waals surface area (Å²) in [5.41, 5.74) is -0.785. The van der Waals surface area contributed by atoms with Crippen molar-refractivity contribution in [1.82, 2.24) is 0 Å². The van der Waals surface area contributed by atoms with Gasteiger partial charge in [-0.15, -0.1) is 0 Å². The minimum Gasteiger partial charge on any atom is -0.468 e. The van der Waals surface area contributed by atoms with Crippen LogP contribution < -0.4 is 9.80 Å². The first kappa shape index (κ1) is 35.0. The van der Waals surface area contributed by atoms with Crippen LogP contribution in [-0.4, -0.2) is 65.2 Å². The van der Waals surface area contributed by atoms with Crippen molar-refractivity contribution in [2.24, 2.45) is 0 Å². The molecule has 220 valence electrons. The first-order chi connectivity index (χ1) is 18.1. The minimum absolute atomic E-state index is 0.0150. The summed E-state index contributed by atoms with van der Waals surface area (Å²) in [6.07, 6.45) is -6.27. The minimum atomic E-state index is -4.44. The van der Waals surface area contributed by atoms with Gasteiger partial charge in [-0.1, -0.05) is 31.9 Å². The molecule has 2 aromatic carbocycles. The van der Waals surface area contributed by atoms with Crippen LogP contribution >= 0.6 is 31.9 Å². The van der Waals surface area contributed by atoms with Crippen molar-refractivity contribution in [2.45, 2.75) is 25.2 Å². The number of hydrogen-bond acceptors (Lipinski definition) is 6. The number of aliphatic hydroxyl groups is 1. The summed E-state index contributed by atoms with van der Waals surface area (Å²) in [4.78, 5) is 14.0. The standard InChI is InChI=1S/C11H11BrF3NO2.C10H11BrF3NO.C4H8O/c1-16(6-10(17)18-2)7-3-4-9(12)8(5-7)11(13,14)15;1-15(4-5-16)7-2-3-9(11)8(6-7)10(12,13)14;1-2-4-5-3-1/h3-5H,6H2,1-2H3;2-3,6,16H,4-5H2,1H3;1-4H2. The highest BCUT2D eigenvalue weighted by Crippen LogP contribution is 2.38. The number of aliphatic hydroxyl groups excluding tert-OH is 1. The Morgan fingerprint density at radius 3 is 1.67 bits per heavy atom. The maximum Gasteiger partial charge on any atom is 0.417 e. The van der Waals surface area contributed by atoms with Crippen LogP contribution in [0, 0.1) is 0 Å². The van der Waals surface area contributed by atoms with Crippen LogP contribution in [0.2, 0.25) is 0 Å². The number of benzene rings is 2. The van der Waals surface area contributed by atoms with Gasteiger partial charge in [0.1, 0.15) is 6.54 Å². The number of carbonyl (C=O) groups excluding carboxylic acids is 1. The average molecular weight is 696 g/mol. The third kappa shape index (κ3) is 12.4. The predicted octanol–water partition coefficient (Wildman–Crippen LogP) is 6.77. The number of rotatable bonds is 6. The van der Waals surface area contributed by atoms with Gasteiger partial charge in [-0.2, -0.15) is 26.3 Å². The highest BCUT2D eigenvalue weighted by Gasteiger charge is 2.34. The highest BCUT2D eigenvalue weighted by atomic mass is 79.9. The lowest BCUT2D eigenvalue weighted by Crippen LogP contribution is -2.26. The van der Waals surface area contributed by atoms with E-state index in [1.807, 2.05) is 0 Å². The van der Waals surface area contributed by atoms with E-state index in [0.717, 1.165) is 25.3 Å². The lowest BCUT2D eigenvalue weighted by atomic mass is 10.2.